The molecule has 1 rings (SSSR count). The van der Waals surface area contributed by atoms with E-state index >= 15 is 0 Å². The Balaban J connectivity index is 3.05. The van der Waals surface area contributed by atoms with E-state index in [9.17, 15) is 13.2 Å². The van der Waals surface area contributed by atoms with E-state index in [1.807, 2.05) is 6.92 Å². The molecular weight excluding hydrogens is 257 g/mol. The van der Waals surface area contributed by atoms with Gasteiger partial charge in [-0.2, -0.15) is 13.2 Å². The number of nitrogens with two attached hydrogens (primary N) is 1. The zero-order valence-corrected chi connectivity index (χ0v) is 11.4. The van der Waals surface area contributed by atoms with E-state index in [2.05, 4.69) is 0 Å². The first-order chi connectivity index (χ1) is 8.76. The molecule has 0 aromatic carbocycles. The Bertz CT molecular complexity index is 362. The van der Waals surface area contributed by atoms with Crippen LogP contribution in [0.25, 0.3) is 0 Å². The van der Waals surface area contributed by atoms with Crippen LogP contribution in [-0.4, -0.2) is 29.7 Å². The lowest BCUT2D eigenvalue weighted by Gasteiger charge is -2.37. The predicted molar refractivity (Wildman–Crippen MR) is 67.6 cm³/mol. The summed E-state index contributed by atoms with van der Waals surface area (Å²) in [6, 6.07) is 2.08. The zero-order chi connectivity index (χ0) is 14.6. The summed E-state index contributed by atoms with van der Waals surface area (Å²) in [6.07, 6.45) is -2.23. The maximum Gasteiger partial charge on any atom is 0.401 e. The first-order valence-corrected chi connectivity index (χ1v) is 6.37. The highest BCUT2D eigenvalue weighted by molar-refractivity contribution is 5.08. The predicted octanol–water partition coefficient (Wildman–Crippen LogP) is 3.33. The van der Waals surface area contributed by atoms with Gasteiger partial charge in [0.05, 0.1) is 18.8 Å². The van der Waals surface area contributed by atoms with Crippen molar-refractivity contribution in [2.45, 2.75) is 51.5 Å². The summed E-state index contributed by atoms with van der Waals surface area (Å²) in [7, 11) is 0. The van der Waals surface area contributed by atoms with E-state index in [1.165, 1.54) is 11.2 Å². The summed E-state index contributed by atoms with van der Waals surface area (Å²) in [4.78, 5) is 1.34. The summed E-state index contributed by atoms with van der Waals surface area (Å²) in [5, 5.41) is 0. The summed E-state index contributed by atoms with van der Waals surface area (Å²) in [5.74, 6) is 0.479. The number of hydrogen-bond donors (Lipinski definition) is 1. The fourth-order valence-corrected chi connectivity index (χ4v) is 2.11. The van der Waals surface area contributed by atoms with Crippen molar-refractivity contribution in [1.82, 2.24) is 4.90 Å². The average molecular weight is 278 g/mol. The minimum absolute atomic E-state index is 0.283. The molecule has 0 aliphatic heterocycles. The van der Waals surface area contributed by atoms with Crippen LogP contribution in [0, 0.1) is 0 Å². The van der Waals surface area contributed by atoms with Crippen molar-refractivity contribution < 1.29 is 17.6 Å². The van der Waals surface area contributed by atoms with Crippen LogP contribution in [0.5, 0.6) is 0 Å². The topological polar surface area (TPSA) is 42.4 Å². The van der Waals surface area contributed by atoms with Gasteiger partial charge in [-0.05, 0) is 32.4 Å². The average Bonchev–Trinajstić information content (AvgIpc) is 2.79. The van der Waals surface area contributed by atoms with E-state index in [1.54, 1.807) is 26.0 Å². The Labute approximate surface area is 111 Å². The molecule has 6 heteroatoms. The molecule has 0 saturated carbocycles. The molecule has 2 N–H and O–H groups in total. The van der Waals surface area contributed by atoms with Gasteiger partial charge >= 0.3 is 6.18 Å². The zero-order valence-electron chi connectivity index (χ0n) is 11.4. The first kappa shape index (κ1) is 16.0. The van der Waals surface area contributed by atoms with Crippen molar-refractivity contribution in [2.24, 2.45) is 5.73 Å². The maximum absolute atomic E-state index is 12.7. The van der Waals surface area contributed by atoms with Gasteiger partial charge in [-0.15, -0.1) is 0 Å². The molecule has 1 aromatic heterocycles. The standard InChI is InChI=1S/C13H21F3N2O/c1-4-10(17)12(11-6-5-7-19-11)18(9(2)3)8-13(14,15)16/h5-7,9-10,12H,4,8,17H2,1-3H3. The Morgan fingerprint density at radius 1 is 1.37 bits per heavy atom. The van der Waals surface area contributed by atoms with Gasteiger partial charge in [0.1, 0.15) is 5.76 Å². The van der Waals surface area contributed by atoms with Crippen LogP contribution < -0.4 is 5.73 Å². The van der Waals surface area contributed by atoms with Gasteiger partial charge in [0.2, 0.25) is 0 Å². The van der Waals surface area contributed by atoms with Gasteiger partial charge in [0.25, 0.3) is 0 Å². The molecule has 0 radical (unpaired) electrons. The van der Waals surface area contributed by atoms with Crippen LogP contribution >= 0.6 is 0 Å². The van der Waals surface area contributed by atoms with E-state index in [0.29, 0.717) is 12.2 Å². The number of hydrogen-bond acceptors (Lipinski definition) is 3. The van der Waals surface area contributed by atoms with E-state index in [-0.39, 0.29) is 6.04 Å². The highest BCUT2D eigenvalue weighted by Gasteiger charge is 2.38. The normalized spacial score (nSPS) is 16.1. The minimum Gasteiger partial charge on any atom is -0.468 e. The van der Waals surface area contributed by atoms with Crippen molar-refractivity contribution in [3.8, 4) is 0 Å². The fraction of sp³-hybridized carbons (Fsp3) is 0.692. The number of rotatable bonds is 6. The molecule has 1 heterocycles. The Morgan fingerprint density at radius 2 is 2.00 bits per heavy atom. The van der Waals surface area contributed by atoms with Gasteiger partial charge in [0.15, 0.2) is 0 Å². The molecular formula is C13H21F3N2O. The maximum atomic E-state index is 12.7. The quantitative estimate of drug-likeness (QED) is 0.868. The third kappa shape index (κ3) is 4.54. The van der Waals surface area contributed by atoms with Gasteiger partial charge in [-0.3, -0.25) is 4.90 Å². The molecule has 0 saturated heterocycles. The summed E-state index contributed by atoms with van der Waals surface area (Å²) < 4.78 is 43.4. The second kappa shape index (κ2) is 6.43. The van der Waals surface area contributed by atoms with Crippen molar-refractivity contribution in [1.29, 1.82) is 0 Å². The van der Waals surface area contributed by atoms with Crippen LogP contribution in [-0.2, 0) is 0 Å². The molecule has 0 aliphatic rings. The first-order valence-electron chi connectivity index (χ1n) is 6.37. The molecule has 0 fully saturated rings. The summed E-state index contributed by atoms with van der Waals surface area (Å²) >= 11 is 0. The summed E-state index contributed by atoms with van der Waals surface area (Å²) in [6.45, 7) is 4.31. The molecule has 2 atom stereocenters. The van der Waals surface area contributed by atoms with Gasteiger partial charge in [-0.1, -0.05) is 6.92 Å². The van der Waals surface area contributed by atoms with Crippen LogP contribution in [0.1, 0.15) is 39.0 Å². The van der Waals surface area contributed by atoms with Gasteiger partial charge < -0.3 is 10.2 Å². The number of halogens is 3. The molecule has 0 spiro atoms. The van der Waals surface area contributed by atoms with Gasteiger partial charge in [0, 0.05) is 12.1 Å². The minimum atomic E-state index is -4.26. The molecule has 0 amide bonds. The fourth-order valence-electron chi connectivity index (χ4n) is 2.11. The lowest BCUT2D eigenvalue weighted by molar-refractivity contribution is -0.157. The Morgan fingerprint density at radius 3 is 2.37 bits per heavy atom. The van der Waals surface area contributed by atoms with E-state index in [0.717, 1.165) is 0 Å². The molecule has 110 valence electrons. The van der Waals surface area contributed by atoms with Crippen LogP contribution in [0.2, 0.25) is 0 Å². The van der Waals surface area contributed by atoms with Crippen molar-refractivity contribution >= 4 is 0 Å². The monoisotopic (exact) mass is 278 g/mol. The SMILES string of the molecule is CCC(N)C(c1ccco1)N(CC(F)(F)F)C(C)C. The third-order valence-electron chi connectivity index (χ3n) is 3.09. The van der Waals surface area contributed by atoms with Crippen LogP contribution in [0.3, 0.4) is 0 Å². The lowest BCUT2D eigenvalue weighted by Crippen LogP contribution is -2.47. The lowest BCUT2D eigenvalue weighted by atomic mass is 10.0. The smallest absolute Gasteiger partial charge is 0.401 e. The molecule has 0 aliphatic carbocycles. The number of furan rings is 1. The largest absolute Gasteiger partial charge is 0.468 e. The highest BCUT2D eigenvalue weighted by atomic mass is 19.4. The second-order valence-corrected chi connectivity index (χ2v) is 4.91. The van der Waals surface area contributed by atoms with Crippen LogP contribution in [0.4, 0.5) is 13.2 Å². The van der Waals surface area contributed by atoms with Crippen molar-refractivity contribution in [3.05, 3.63) is 24.2 Å². The number of alkyl halides is 3. The highest BCUT2D eigenvalue weighted by Crippen LogP contribution is 2.30. The second-order valence-electron chi connectivity index (χ2n) is 4.91. The Hall–Kier alpha value is -1.01. The summed E-state index contributed by atoms with van der Waals surface area (Å²) in [5.41, 5.74) is 6.00. The Kier molecular flexibility index (Phi) is 5.43. The van der Waals surface area contributed by atoms with Gasteiger partial charge in [-0.25, -0.2) is 0 Å². The molecule has 0 bridgehead atoms. The number of nitrogens with zero attached hydrogens (tertiary/aromatic N) is 1. The van der Waals surface area contributed by atoms with Crippen LogP contribution in [0.15, 0.2) is 22.8 Å². The van der Waals surface area contributed by atoms with Crippen molar-refractivity contribution in [2.75, 3.05) is 6.54 Å². The molecule has 19 heavy (non-hydrogen) atoms. The van der Waals surface area contributed by atoms with E-state index < -0.39 is 24.8 Å². The van der Waals surface area contributed by atoms with E-state index in [4.69, 9.17) is 10.2 Å². The third-order valence-corrected chi connectivity index (χ3v) is 3.09. The molecule has 3 nitrogen and oxygen atoms in total. The molecule has 2 unspecified atom stereocenters. The molecule has 1 aromatic rings. The van der Waals surface area contributed by atoms with Crippen molar-refractivity contribution in [3.63, 3.8) is 0 Å².